The van der Waals surface area contributed by atoms with Gasteiger partial charge in [0, 0.05) is 0 Å². The maximum Gasteiger partial charge on any atom is 0.315 e. The molecule has 10 nitrogen and oxygen atoms in total. The highest BCUT2D eigenvalue weighted by Gasteiger charge is 2.35. The van der Waals surface area contributed by atoms with Crippen LogP contribution in [0.1, 0.15) is 5.56 Å². The molecule has 0 unspecified atom stereocenters. The van der Waals surface area contributed by atoms with Crippen molar-refractivity contribution in [2.24, 2.45) is 0 Å². The van der Waals surface area contributed by atoms with Crippen LogP contribution in [-0.2, 0) is 9.59 Å². The SMILES string of the molecule is O=C1NC(=S)N(c2ccc(Oc3ccccc3)cc2)C(=O)/C1=C/c1coc2c([N+](=O)[O-])cc(F)cc2c1=O. The molecule has 3 aromatic carbocycles. The Morgan fingerprint density at radius 1 is 1.03 bits per heavy atom. The van der Waals surface area contributed by atoms with E-state index in [1.54, 1.807) is 36.4 Å². The highest BCUT2D eigenvalue weighted by molar-refractivity contribution is 7.80. The smallest absolute Gasteiger partial charge is 0.315 e. The van der Waals surface area contributed by atoms with Gasteiger partial charge in [-0.15, -0.1) is 0 Å². The molecule has 188 valence electrons. The molecular weight excluding hydrogens is 517 g/mol. The summed E-state index contributed by atoms with van der Waals surface area (Å²) in [5, 5.41) is 13.0. The predicted octanol–water partition coefficient (Wildman–Crippen LogP) is 4.46. The Hall–Kier alpha value is -5.23. The van der Waals surface area contributed by atoms with E-state index in [0.29, 0.717) is 23.3 Å². The molecule has 12 heteroatoms. The molecule has 1 N–H and O–H groups in total. The molecule has 1 fully saturated rings. The number of anilines is 1. The number of rotatable bonds is 5. The van der Waals surface area contributed by atoms with Crippen LogP contribution in [0.2, 0.25) is 0 Å². The third-order valence-electron chi connectivity index (χ3n) is 5.52. The molecule has 0 aliphatic carbocycles. The third-order valence-corrected chi connectivity index (χ3v) is 5.80. The van der Waals surface area contributed by atoms with Crippen molar-refractivity contribution in [1.29, 1.82) is 0 Å². The number of amides is 2. The van der Waals surface area contributed by atoms with Gasteiger partial charge in [-0.05, 0) is 60.8 Å². The third kappa shape index (κ3) is 4.51. The van der Waals surface area contributed by atoms with Crippen LogP contribution in [0.5, 0.6) is 11.5 Å². The standard InChI is InChI=1S/C26H14FN3O7S/c27-15-11-19-22(31)14(13-36-23(19)21(12-15)30(34)35)10-20-24(32)28-26(38)29(25(20)33)16-6-8-18(9-7-16)37-17-4-2-1-3-5-17/h1-13H,(H,28,32,38)/b20-10+. The van der Waals surface area contributed by atoms with Crippen LogP contribution in [0.3, 0.4) is 0 Å². The van der Waals surface area contributed by atoms with E-state index < -0.39 is 50.2 Å². The maximum absolute atomic E-state index is 13.9. The highest BCUT2D eigenvalue weighted by Crippen LogP contribution is 2.28. The van der Waals surface area contributed by atoms with Gasteiger partial charge in [0.2, 0.25) is 5.58 Å². The fourth-order valence-electron chi connectivity index (χ4n) is 3.77. The normalized spacial score (nSPS) is 14.6. The number of non-ortho nitro benzene ring substituents is 1. The quantitative estimate of drug-likeness (QED) is 0.131. The molecule has 0 spiro atoms. The number of fused-ring (bicyclic) bond motifs is 1. The number of hydrogen-bond donors (Lipinski definition) is 1. The van der Waals surface area contributed by atoms with Crippen LogP contribution >= 0.6 is 12.2 Å². The lowest BCUT2D eigenvalue weighted by molar-refractivity contribution is -0.383. The molecule has 0 saturated carbocycles. The molecule has 38 heavy (non-hydrogen) atoms. The van der Waals surface area contributed by atoms with Crippen molar-refractivity contribution in [2.45, 2.75) is 0 Å². The predicted molar refractivity (Wildman–Crippen MR) is 138 cm³/mol. The minimum Gasteiger partial charge on any atom is -0.457 e. The molecule has 0 radical (unpaired) electrons. The number of para-hydroxylation sites is 1. The number of benzene rings is 3. The van der Waals surface area contributed by atoms with Crippen molar-refractivity contribution in [3.8, 4) is 11.5 Å². The zero-order valence-corrected chi connectivity index (χ0v) is 19.9. The number of carbonyl (C=O) groups is 2. The summed E-state index contributed by atoms with van der Waals surface area (Å²) in [7, 11) is 0. The zero-order chi connectivity index (χ0) is 27.0. The van der Waals surface area contributed by atoms with Crippen LogP contribution in [-0.4, -0.2) is 21.9 Å². The van der Waals surface area contributed by atoms with Gasteiger partial charge in [0.15, 0.2) is 10.5 Å². The first-order chi connectivity index (χ1) is 18.2. The summed E-state index contributed by atoms with van der Waals surface area (Å²) in [5.74, 6) is -1.62. The number of ether oxygens (including phenoxy) is 1. The largest absolute Gasteiger partial charge is 0.457 e. The Labute approximate surface area is 217 Å². The molecule has 1 aliphatic rings. The van der Waals surface area contributed by atoms with Crippen molar-refractivity contribution in [3.63, 3.8) is 0 Å². The van der Waals surface area contributed by atoms with E-state index in [4.69, 9.17) is 21.4 Å². The Morgan fingerprint density at radius 3 is 2.39 bits per heavy atom. The summed E-state index contributed by atoms with van der Waals surface area (Å²) in [6, 6.07) is 16.8. The highest BCUT2D eigenvalue weighted by atomic mass is 32.1. The van der Waals surface area contributed by atoms with E-state index in [1.807, 2.05) is 18.2 Å². The van der Waals surface area contributed by atoms with Crippen LogP contribution < -0.4 is 20.4 Å². The summed E-state index contributed by atoms with van der Waals surface area (Å²) in [5.41, 5.74) is -2.49. The van der Waals surface area contributed by atoms with Crippen molar-refractivity contribution in [2.75, 3.05) is 4.90 Å². The number of nitrogens with zero attached hydrogens (tertiary/aromatic N) is 2. The first-order valence-corrected chi connectivity index (χ1v) is 11.3. The number of thiocarbonyl (C=S) groups is 1. The van der Waals surface area contributed by atoms with Crippen LogP contribution in [0.25, 0.3) is 17.0 Å². The van der Waals surface area contributed by atoms with Gasteiger partial charge in [-0.2, -0.15) is 0 Å². The lowest BCUT2D eigenvalue weighted by atomic mass is 10.1. The number of nitro benzene ring substituents is 1. The average molecular weight is 531 g/mol. The summed E-state index contributed by atoms with van der Waals surface area (Å²) >= 11 is 5.19. The van der Waals surface area contributed by atoms with Gasteiger partial charge in [0.25, 0.3) is 11.8 Å². The summed E-state index contributed by atoms with van der Waals surface area (Å²) in [4.78, 5) is 50.3. The molecule has 0 bridgehead atoms. The monoisotopic (exact) mass is 531 g/mol. The summed E-state index contributed by atoms with van der Waals surface area (Å²) in [6.07, 6.45) is 1.82. The molecule has 1 aromatic heterocycles. The minimum absolute atomic E-state index is 0.183. The molecule has 2 heterocycles. The minimum atomic E-state index is -1.02. The Bertz CT molecular complexity index is 1730. The van der Waals surface area contributed by atoms with Crippen molar-refractivity contribution in [3.05, 3.63) is 110 Å². The van der Waals surface area contributed by atoms with Gasteiger partial charge in [0.1, 0.15) is 29.2 Å². The van der Waals surface area contributed by atoms with Gasteiger partial charge in [0.05, 0.1) is 27.6 Å². The van der Waals surface area contributed by atoms with Crippen molar-refractivity contribution < 1.29 is 28.1 Å². The van der Waals surface area contributed by atoms with Gasteiger partial charge < -0.3 is 9.15 Å². The van der Waals surface area contributed by atoms with Gasteiger partial charge in [-0.3, -0.25) is 34.7 Å². The average Bonchev–Trinajstić information content (AvgIpc) is 2.89. The van der Waals surface area contributed by atoms with Crippen LogP contribution in [0.15, 0.2) is 87.8 Å². The topological polar surface area (TPSA) is 132 Å². The molecule has 5 rings (SSSR count). The van der Waals surface area contributed by atoms with Gasteiger partial charge in [-0.25, -0.2) is 4.39 Å². The summed E-state index contributed by atoms with van der Waals surface area (Å²) in [6.45, 7) is 0. The summed E-state index contributed by atoms with van der Waals surface area (Å²) < 4.78 is 24.9. The molecule has 2 amide bonds. The van der Waals surface area contributed by atoms with E-state index in [2.05, 4.69) is 5.32 Å². The van der Waals surface area contributed by atoms with E-state index in [0.717, 1.165) is 23.3 Å². The molecule has 0 atom stereocenters. The van der Waals surface area contributed by atoms with E-state index in [-0.39, 0.29) is 10.7 Å². The lowest BCUT2D eigenvalue weighted by Crippen LogP contribution is -2.54. The van der Waals surface area contributed by atoms with Crippen molar-refractivity contribution >= 4 is 57.6 Å². The van der Waals surface area contributed by atoms with E-state index in [9.17, 15) is 28.9 Å². The fraction of sp³-hybridized carbons (Fsp3) is 0. The Kier molecular flexibility index (Phi) is 6.23. The number of carbonyl (C=O) groups excluding carboxylic acids is 2. The Morgan fingerprint density at radius 2 is 1.71 bits per heavy atom. The number of halogens is 1. The number of hydrogen-bond acceptors (Lipinski definition) is 8. The van der Waals surface area contributed by atoms with Crippen molar-refractivity contribution in [1.82, 2.24) is 5.32 Å². The van der Waals surface area contributed by atoms with Crippen LogP contribution in [0, 0.1) is 15.9 Å². The van der Waals surface area contributed by atoms with Gasteiger partial charge in [-0.1, -0.05) is 18.2 Å². The fourth-order valence-corrected chi connectivity index (χ4v) is 4.05. The second-order valence-electron chi connectivity index (χ2n) is 7.95. The first-order valence-electron chi connectivity index (χ1n) is 10.9. The molecule has 1 aliphatic heterocycles. The number of nitrogens with one attached hydrogen (secondary N) is 1. The first kappa shape index (κ1) is 24.5. The Balaban J connectivity index is 1.49. The molecular formula is C26H14FN3O7S. The lowest BCUT2D eigenvalue weighted by Gasteiger charge is -2.29. The maximum atomic E-state index is 13.9. The van der Waals surface area contributed by atoms with Crippen LogP contribution in [0.4, 0.5) is 15.8 Å². The molecule has 4 aromatic rings. The number of nitro groups is 1. The second-order valence-corrected chi connectivity index (χ2v) is 8.33. The zero-order valence-electron chi connectivity index (χ0n) is 19.0. The second kappa shape index (κ2) is 9.67. The van der Waals surface area contributed by atoms with Gasteiger partial charge >= 0.3 is 5.69 Å². The van der Waals surface area contributed by atoms with E-state index >= 15 is 0 Å². The molecule has 1 saturated heterocycles. The van der Waals surface area contributed by atoms with E-state index in [1.165, 1.54) is 0 Å².